The van der Waals surface area contributed by atoms with Gasteiger partial charge in [-0.05, 0) is 37.2 Å². The molecule has 0 fully saturated rings. The second kappa shape index (κ2) is 6.29. The van der Waals surface area contributed by atoms with Crippen molar-refractivity contribution in [1.82, 2.24) is 4.37 Å². The molecule has 0 aliphatic rings. The number of nitrogens with zero attached hydrogens (tertiary/aromatic N) is 1. The summed E-state index contributed by atoms with van der Waals surface area (Å²) in [5.41, 5.74) is 1.66. The number of Topliss-reactive ketones (excluding diaryl/α,β-unsaturated/α-hetero) is 1. The number of hydrogen-bond donors (Lipinski definition) is 1. The van der Waals surface area contributed by atoms with Crippen molar-refractivity contribution in [1.29, 1.82) is 0 Å². The van der Waals surface area contributed by atoms with Crippen LogP contribution < -0.4 is 5.32 Å². The molecule has 102 valence electrons. The quantitative estimate of drug-likeness (QED) is 0.773. The van der Waals surface area contributed by atoms with E-state index in [0.717, 1.165) is 35.8 Å². The van der Waals surface area contributed by atoms with E-state index < -0.39 is 0 Å². The van der Waals surface area contributed by atoms with Crippen LogP contribution in [-0.2, 0) is 4.74 Å². The summed E-state index contributed by atoms with van der Waals surface area (Å²) in [6, 6.07) is 0. The molecule has 0 aromatic carbocycles. The number of aromatic nitrogens is 1. The van der Waals surface area contributed by atoms with Crippen LogP contribution in [0.25, 0.3) is 0 Å². The van der Waals surface area contributed by atoms with Gasteiger partial charge in [0.25, 0.3) is 0 Å². The van der Waals surface area contributed by atoms with E-state index >= 15 is 0 Å². The Hall–Kier alpha value is -0.940. The van der Waals surface area contributed by atoms with Crippen molar-refractivity contribution in [2.75, 3.05) is 25.6 Å². The first-order valence-electron chi connectivity index (χ1n) is 6.07. The molecule has 0 saturated heterocycles. The smallest absolute Gasteiger partial charge is 0.164 e. The Labute approximate surface area is 113 Å². The summed E-state index contributed by atoms with van der Waals surface area (Å²) in [6.07, 6.45) is 0.976. The van der Waals surface area contributed by atoms with Crippen LogP contribution in [0.5, 0.6) is 0 Å². The minimum atomic E-state index is 0.0680. The van der Waals surface area contributed by atoms with Gasteiger partial charge in [0.05, 0.1) is 11.3 Å². The summed E-state index contributed by atoms with van der Waals surface area (Å²) in [5.74, 6) is 0.0680. The summed E-state index contributed by atoms with van der Waals surface area (Å²) >= 11 is 1.36. The van der Waals surface area contributed by atoms with Crippen LogP contribution in [0.1, 0.15) is 43.2 Å². The molecule has 4 nitrogen and oxygen atoms in total. The highest BCUT2D eigenvalue weighted by Gasteiger charge is 2.20. The Balaban J connectivity index is 2.66. The fraction of sp³-hybridized carbons (Fsp3) is 0.692. The predicted molar refractivity (Wildman–Crippen MR) is 75.6 cm³/mol. The van der Waals surface area contributed by atoms with Crippen molar-refractivity contribution in [3.05, 3.63) is 11.3 Å². The molecule has 0 spiro atoms. The number of ketones is 1. The molecule has 0 atom stereocenters. The lowest BCUT2D eigenvalue weighted by Crippen LogP contribution is -2.24. The number of ether oxygens (including phenoxy) is 1. The summed E-state index contributed by atoms with van der Waals surface area (Å²) in [4.78, 5) is 11.6. The summed E-state index contributed by atoms with van der Waals surface area (Å²) < 4.78 is 9.34. The molecule has 1 N–H and O–H groups in total. The molecule has 18 heavy (non-hydrogen) atoms. The van der Waals surface area contributed by atoms with Gasteiger partial charge in [-0.3, -0.25) is 4.79 Å². The van der Waals surface area contributed by atoms with Crippen molar-refractivity contribution in [2.45, 2.75) is 34.1 Å². The second-order valence-corrected chi connectivity index (χ2v) is 6.06. The maximum Gasteiger partial charge on any atom is 0.164 e. The maximum atomic E-state index is 11.6. The van der Waals surface area contributed by atoms with Crippen molar-refractivity contribution in [3.63, 3.8) is 0 Å². The highest BCUT2D eigenvalue weighted by molar-refractivity contribution is 7.10. The van der Waals surface area contributed by atoms with Gasteiger partial charge in [-0.2, -0.15) is 4.37 Å². The van der Waals surface area contributed by atoms with E-state index in [1.165, 1.54) is 11.5 Å². The van der Waals surface area contributed by atoms with E-state index in [1.54, 1.807) is 14.0 Å². The average molecular weight is 270 g/mol. The van der Waals surface area contributed by atoms with Gasteiger partial charge in [0.15, 0.2) is 5.78 Å². The molecular formula is C13H22N2O2S. The molecule has 0 saturated carbocycles. The first kappa shape index (κ1) is 15.1. The standard InChI is InChI=1S/C13H22N2O2S/c1-9-11(10(2)16)12(18-15-9)14-8-13(3,4)6-7-17-5/h14H,6-8H2,1-5H3. The lowest BCUT2D eigenvalue weighted by atomic mass is 9.90. The Bertz CT molecular complexity index is 413. The topological polar surface area (TPSA) is 51.2 Å². The minimum Gasteiger partial charge on any atom is -0.385 e. The zero-order chi connectivity index (χ0) is 13.8. The number of rotatable bonds is 7. The molecule has 5 heteroatoms. The first-order valence-corrected chi connectivity index (χ1v) is 6.85. The number of hydrogen-bond acceptors (Lipinski definition) is 5. The Morgan fingerprint density at radius 3 is 2.72 bits per heavy atom. The lowest BCUT2D eigenvalue weighted by molar-refractivity contribution is 0.101. The van der Waals surface area contributed by atoms with Crippen LogP contribution in [0.15, 0.2) is 0 Å². The normalized spacial score (nSPS) is 11.6. The Kier molecular flexibility index (Phi) is 5.28. The predicted octanol–water partition coefficient (Wildman–Crippen LogP) is 3.13. The molecule has 0 aliphatic carbocycles. The van der Waals surface area contributed by atoms with Crippen LogP contribution in [0.4, 0.5) is 5.00 Å². The summed E-state index contributed by atoms with van der Waals surface area (Å²) in [5, 5.41) is 4.22. The van der Waals surface area contributed by atoms with Crippen LogP contribution in [0.3, 0.4) is 0 Å². The zero-order valence-electron chi connectivity index (χ0n) is 11.8. The summed E-state index contributed by atoms with van der Waals surface area (Å²) in [6.45, 7) is 9.36. The molecule has 0 amide bonds. The third kappa shape index (κ3) is 4.07. The van der Waals surface area contributed by atoms with E-state index in [-0.39, 0.29) is 11.2 Å². The van der Waals surface area contributed by atoms with Gasteiger partial charge in [0, 0.05) is 20.3 Å². The lowest BCUT2D eigenvalue weighted by Gasteiger charge is -2.24. The average Bonchev–Trinajstić information content (AvgIpc) is 2.65. The van der Waals surface area contributed by atoms with Gasteiger partial charge >= 0.3 is 0 Å². The molecule has 1 aromatic rings. The molecular weight excluding hydrogens is 248 g/mol. The van der Waals surface area contributed by atoms with Gasteiger partial charge in [0.1, 0.15) is 5.00 Å². The molecule has 0 unspecified atom stereocenters. The van der Waals surface area contributed by atoms with Crippen LogP contribution >= 0.6 is 11.5 Å². The molecule has 1 heterocycles. The number of carbonyl (C=O) groups excluding carboxylic acids is 1. The van der Waals surface area contributed by atoms with Gasteiger partial charge in [-0.25, -0.2) is 0 Å². The highest BCUT2D eigenvalue weighted by Crippen LogP contribution is 2.27. The van der Waals surface area contributed by atoms with Gasteiger partial charge in [0.2, 0.25) is 0 Å². The van der Waals surface area contributed by atoms with E-state index in [4.69, 9.17) is 4.74 Å². The largest absolute Gasteiger partial charge is 0.385 e. The maximum absolute atomic E-state index is 11.6. The van der Waals surface area contributed by atoms with E-state index in [0.29, 0.717) is 0 Å². The van der Waals surface area contributed by atoms with Crippen molar-refractivity contribution in [3.8, 4) is 0 Å². The van der Waals surface area contributed by atoms with Crippen molar-refractivity contribution >= 4 is 22.3 Å². The minimum absolute atomic E-state index is 0.0680. The highest BCUT2D eigenvalue weighted by atomic mass is 32.1. The Morgan fingerprint density at radius 2 is 2.17 bits per heavy atom. The van der Waals surface area contributed by atoms with Gasteiger partial charge in [-0.1, -0.05) is 13.8 Å². The van der Waals surface area contributed by atoms with E-state index in [9.17, 15) is 4.79 Å². The van der Waals surface area contributed by atoms with Crippen LogP contribution in [0, 0.1) is 12.3 Å². The number of nitrogens with one attached hydrogen (secondary N) is 1. The van der Waals surface area contributed by atoms with E-state index in [2.05, 4.69) is 23.5 Å². The second-order valence-electron chi connectivity index (χ2n) is 5.29. The number of aryl methyl sites for hydroxylation is 1. The number of carbonyl (C=O) groups is 1. The van der Waals surface area contributed by atoms with E-state index in [1.807, 2.05) is 6.92 Å². The third-order valence-electron chi connectivity index (χ3n) is 2.93. The number of methoxy groups -OCH3 is 1. The summed E-state index contributed by atoms with van der Waals surface area (Å²) in [7, 11) is 1.71. The van der Waals surface area contributed by atoms with Crippen molar-refractivity contribution in [2.24, 2.45) is 5.41 Å². The zero-order valence-corrected chi connectivity index (χ0v) is 12.6. The molecule has 0 aliphatic heterocycles. The third-order valence-corrected chi connectivity index (χ3v) is 3.82. The van der Waals surface area contributed by atoms with Crippen LogP contribution in [-0.4, -0.2) is 30.4 Å². The van der Waals surface area contributed by atoms with Crippen molar-refractivity contribution < 1.29 is 9.53 Å². The molecule has 0 bridgehead atoms. The molecule has 1 aromatic heterocycles. The Morgan fingerprint density at radius 1 is 1.50 bits per heavy atom. The number of anilines is 1. The monoisotopic (exact) mass is 270 g/mol. The molecule has 1 rings (SSSR count). The fourth-order valence-corrected chi connectivity index (χ4v) is 2.53. The van der Waals surface area contributed by atoms with Crippen LogP contribution in [0.2, 0.25) is 0 Å². The SMILES string of the molecule is COCCC(C)(C)CNc1snc(C)c1C(C)=O. The van der Waals surface area contributed by atoms with Gasteiger partial charge in [-0.15, -0.1) is 0 Å². The van der Waals surface area contributed by atoms with Gasteiger partial charge < -0.3 is 10.1 Å². The fourth-order valence-electron chi connectivity index (χ4n) is 1.69. The first-order chi connectivity index (χ1) is 8.37. The molecule has 0 radical (unpaired) electrons.